The van der Waals surface area contributed by atoms with Crippen LogP contribution in [0.4, 0.5) is 0 Å². The maximum atomic E-state index is 12.8. The first-order chi connectivity index (χ1) is 16.1. The van der Waals surface area contributed by atoms with Crippen molar-refractivity contribution in [2.45, 2.75) is 13.5 Å². The van der Waals surface area contributed by atoms with E-state index in [1.165, 1.54) is 0 Å². The van der Waals surface area contributed by atoms with Crippen molar-refractivity contribution in [3.05, 3.63) is 69.9 Å². The molecular formula is C24H25ClN4O4. The summed E-state index contributed by atoms with van der Waals surface area (Å²) in [5, 5.41) is 8.64. The summed E-state index contributed by atoms with van der Waals surface area (Å²) in [5.74, 6) is 0.768. The number of ether oxygens (including phenoxy) is 2. The summed E-state index contributed by atoms with van der Waals surface area (Å²) in [5.41, 5.74) is 5.74. The van der Waals surface area contributed by atoms with Gasteiger partial charge in [-0.3, -0.25) is 9.69 Å². The molecule has 9 heteroatoms. The number of hydrogen-bond acceptors (Lipinski definition) is 7. The van der Waals surface area contributed by atoms with Gasteiger partial charge in [0.2, 0.25) is 0 Å². The molecule has 1 N–H and O–H groups in total. The summed E-state index contributed by atoms with van der Waals surface area (Å²) in [6, 6.07) is 12.9. The van der Waals surface area contributed by atoms with Gasteiger partial charge in [-0.15, -0.1) is 0 Å². The minimum Gasteiger partial charge on any atom is -0.496 e. The van der Waals surface area contributed by atoms with E-state index < -0.39 is 5.91 Å². The summed E-state index contributed by atoms with van der Waals surface area (Å²) >= 11 is 6.27. The Labute approximate surface area is 197 Å². The van der Waals surface area contributed by atoms with Crippen LogP contribution in [0.15, 0.2) is 52.1 Å². The van der Waals surface area contributed by atoms with Gasteiger partial charge in [0.05, 0.1) is 31.6 Å². The molecule has 1 saturated heterocycles. The molecule has 0 radical (unpaired) electrons. The number of halogens is 1. The molecule has 4 rings (SSSR count). The second kappa shape index (κ2) is 10.6. The van der Waals surface area contributed by atoms with Crippen LogP contribution < -0.4 is 10.2 Å². The van der Waals surface area contributed by atoms with Gasteiger partial charge in [0.25, 0.3) is 5.91 Å². The van der Waals surface area contributed by atoms with E-state index in [0.29, 0.717) is 27.6 Å². The van der Waals surface area contributed by atoms with Crippen LogP contribution in [0.2, 0.25) is 5.02 Å². The quantitative estimate of drug-likeness (QED) is 0.417. The SMILES string of the molecule is COc1ccc(/C=N/NC(=O)c2c(-c3ccccc3Cl)noc2C)cc1CN1CCOCC1. The number of carbonyl (C=O) groups is 1. The zero-order chi connectivity index (χ0) is 23.2. The lowest BCUT2D eigenvalue weighted by Crippen LogP contribution is -2.35. The third-order valence-electron chi connectivity index (χ3n) is 5.40. The second-order valence-corrected chi connectivity index (χ2v) is 8.01. The van der Waals surface area contributed by atoms with Crippen LogP contribution in [0.3, 0.4) is 0 Å². The molecule has 0 unspecified atom stereocenters. The summed E-state index contributed by atoms with van der Waals surface area (Å²) in [7, 11) is 1.66. The minimum atomic E-state index is -0.429. The minimum absolute atomic E-state index is 0.294. The van der Waals surface area contributed by atoms with Crippen molar-refractivity contribution in [2.24, 2.45) is 5.10 Å². The Balaban J connectivity index is 1.49. The number of nitrogens with zero attached hydrogens (tertiary/aromatic N) is 3. The number of aryl methyl sites for hydroxylation is 1. The number of rotatable bonds is 7. The standard InChI is InChI=1S/C24H25ClN4O4/c1-16-22(23(28-33-16)19-5-3-4-6-20(19)25)24(30)27-26-14-17-7-8-21(31-2)18(13-17)15-29-9-11-32-12-10-29/h3-8,13-14H,9-12,15H2,1-2H3,(H,27,30)/b26-14+. The summed E-state index contributed by atoms with van der Waals surface area (Å²) in [6.45, 7) is 5.64. The summed E-state index contributed by atoms with van der Waals surface area (Å²) in [4.78, 5) is 15.2. The molecule has 0 atom stereocenters. The summed E-state index contributed by atoms with van der Waals surface area (Å²) < 4.78 is 16.2. The third kappa shape index (κ3) is 5.42. The highest BCUT2D eigenvalue weighted by Gasteiger charge is 2.22. The third-order valence-corrected chi connectivity index (χ3v) is 5.73. The van der Waals surface area contributed by atoms with Crippen molar-refractivity contribution in [3.8, 4) is 17.0 Å². The molecule has 2 aromatic carbocycles. The van der Waals surface area contributed by atoms with E-state index in [1.54, 1.807) is 32.4 Å². The van der Waals surface area contributed by atoms with Crippen LogP contribution >= 0.6 is 11.6 Å². The Morgan fingerprint density at radius 2 is 2.06 bits per heavy atom. The van der Waals surface area contributed by atoms with Crippen LogP contribution in [0.5, 0.6) is 5.75 Å². The van der Waals surface area contributed by atoms with E-state index in [9.17, 15) is 4.79 Å². The van der Waals surface area contributed by atoms with Gasteiger partial charge >= 0.3 is 0 Å². The topological polar surface area (TPSA) is 89.2 Å². The van der Waals surface area contributed by atoms with Crippen molar-refractivity contribution >= 4 is 23.7 Å². The van der Waals surface area contributed by atoms with E-state index in [-0.39, 0.29) is 0 Å². The Kier molecular flexibility index (Phi) is 7.39. The number of aromatic nitrogens is 1. The van der Waals surface area contributed by atoms with Gasteiger partial charge < -0.3 is 14.0 Å². The molecule has 0 bridgehead atoms. The van der Waals surface area contributed by atoms with Gasteiger partial charge in [0.1, 0.15) is 22.8 Å². The van der Waals surface area contributed by atoms with Crippen molar-refractivity contribution in [1.29, 1.82) is 0 Å². The van der Waals surface area contributed by atoms with Crippen molar-refractivity contribution in [1.82, 2.24) is 15.5 Å². The first kappa shape index (κ1) is 23.0. The number of carbonyl (C=O) groups excluding carboxylic acids is 1. The average Bonchev–Trinajstić information content (AvgIpc) is 3.21. The fourth-order valence-corrected chi connectivity index (χ4v) is 3.93. The fourth-order valence-electron chi connectivity index (χ4n) is 3.70. The highest BCUT2D eigenvalue weighted by molar-refractivity contribution is 6.33. The zero-order valence-electron chi connectivity index (χ0n) is 18.5. The zero-order valence-corrected chi connectivity index (χ0v) is 19.3. The predicted molar refractivity (Wildman–Crippen MR) is 126 cm³/mol. The van der Waals surface area contributed by atoms with Crippen molar-refractivity contribution in [2.75, 3.05) is 33.4 Å². The normalized spacial score (nSPS) is 14.5. The largest absolute Gasteiger partial charge is 0.496 e. The molecule has 1 aromatic heterocycles. The number of nitrogens with one attached hydrogen (secondary N) is 1. The highest BCUT2D eigenvalue weighted by Crippen LogP contribution is 2.31. The van der Waals surface area contributed by atoms with Gasteiger partial charge in [-0.25, -0.2) is 5.43 Å². The van der Waals surface area contributed by atoms with Crippen LogP contribution in [-0.4, -0.2) is 55.6 Å². The second-order valence-electron chi connectivity index (χ2n) is 7.60. The Morgan fingerprint density at radius 3 is 2.82 bits per heavy atom. The van der Waals surface area contributed by atoms with Gasteiger partial charge in [-0.05, 0) is 36.8 Å². The van der Waals surface area contributed by atoms with E-state index in [1.807, 2.05) is 30.3 Å². The summed E-state index contributed by atoms with van der Waals surface area (Å²) in [6.07, 6.45) is 1.60. The molecule has 0 aliphatic carbocycles. The van der Waals surface area contributed by atoms with Crippen LogP contribution in [0, 0.1) is 6.92 Å². The van der Waals surface area contributed by atoms with Gasteiger partial charge in [-0.1, -0.05) is 35.0 Å². The molecule has 0 saturated carbocycles. The molecule has 1 amide bonds. The van der Waals surface area contributed by atoms with E-state index in [2.05, 4.69) is 20.6 Å². The Bertz CT molecular complexity index is 1160. The van der Waals surface area contributed by atoms with E-state index in [4.69, 9.17) is 25.6 Å². The Hall–Kier alpha value is -3.20. The number of hydrogen-bond donors (Lipinski definition) is 1. The predicted octanol–water partition coefficient (Wildman–Crippen LogP) is 3.91. The van der Waals surface area contributed by atoms with Crippen LogP contribution in [-0.2, 0) is 11.3 Å². The van der Waals surface area contributed by atoms with Gasteiger partial charge in [0.15, 0.2) is 0 Å². The van der Waals surface area contributed by atoms with Gasteiger partial charge in [-0.2, -0.15) is 5.10 Å². The van der Waals surface area contributed by atoms with Crippen molar-refractivity contribution < 1.29 is 18.8 Å². The van der Waals surface area contributed by atoms with E-state index >= 15 is 0 Å². The highest BCUT2D eigenvalue weighted by atomic mass is 35.5. The average molecular weight is 469 g/mol. The molecule has 0 spiro atoms. The first-order valence-electron chi connectivity index (χ1n) is 10.6. The maximum Gasteiger partial charge on any atom is 0.277 e. The van der Waals surface area contributed by atoms with E-state index in [0.717, 1.165) is 49.7 Å². The molecule has 2 heterocycles. The maximum absolute atomic E-state index is 12.8. The fraction of sp³-hybridized carbons (Fsp3) is 0.292. The monoisotopic (exact) mass is 468 g/mol. The molecule has 1 aliphatic heterocycles. The molecule has 8 nitrogen and oxygen atoms in total. The number of methoxy groups -OCH3 is 1. The Morgan fingerprint density at radius 1 is 1.27 bits per heavy atom. The molecule has 3 aromatic rings. The molecule has 1 aliphatic rings. The van der Waals surface area contributed by atoms with Crippen LogP contribution in [0.25, 0.3) is 11.3 Å². The molecule has 33 heavy (non-hydrogen) atoms. The molecular weight excluding hydrogens is 444 g/mol. The number of amides is 1. The van der Waals surface area contributed by atoms with Gasteiger partial charge in [0, 0.05) is 30.8 Å². The van der Waals surface area contributed by atoms with Crippen molar-refractivity contribution in [3.63, 3.8) is 0 Å². The smallest absolute Gasteiger partial charge is 0.277 e. The number of morpholine rings is 1. The number of benzene rings is 2. The molecule has 1 fully saturated rings. The molecule has 172 valence electrons. The number of hydrazone groups is 1. The lowest BCUT2D eigenvalue weighted by molar-refractivity contribution is 0.0339. The lowest BCUT2D eigenvalue weighted by Gasteiger charge is -2.27. The van der Waals surface area contributed by atoms with Crippen LogP contribution in [0.1, 0.15) is 27.2 Å². The first-order valence-corrected chi connectivity index (χ1v) is 11.0. The lowest BCUT2D eigenvalue weighted by atomic mass is 10.1.